The van der Waals surface area contributed by atoms with E-state index in [-0.39, 0.29) is 18.2 Å². The van der Waals surface area contributed by atoms with Gasteiger partial charge in [0.25, 0.3) is 0 Å². The molecule has 0 aromatic heterocycles. The van der Waals surface area contributed by atoms with Gasteiger partial charge >= 0.3 is 6.09 Å². The molecule has 4 nitrogen and oxygen atoms in total. The lowest BCUT2D eigenvalue weighted by Crippen LogP contribution is -2.23. The van der Waals surface area contributed by atoms with Gasteiger partial charge in [-0.1, -0.05) is 12.1 Å². The molecule has 4 heteroatoms. The van der Waals surface area contributed by atoms with Crippen LogP contribution in [-0.2, 0) is 4.74 Å². The minimum absolute atomic E-state index is 0.00962. The Balaban J connectivity index is 2.25. The quantitative estimate of drug-likeness (QED) is 0.805. The summed E-state index contributed by atoms with van der Waals surface area (Å²) >= 11 is 0. The molecule has 1 aliphatic rings. The van der Waals surface area contributed by atoms with Crippen molar-refractivity contribution >= 4 is 6.09 Å². The third-order valence-corrected chi connectivity index (χ3v) is 2.46. The molecule has 2 rings (SSSR count). The third kappa shape index (κ3) is 1.88. The Morgan fingerprint density at radius 2 is 2.27 bits per heavy atom. The van der Waals surface area contributed by atoms with Crippen molar-refractivity contribution in [3.8, 4) is 5.75 Å². The number of alkyl carbamates (subject to hydrolysis) is 1. The van der Waals surface area contributed by atoms with Crippen molar-refractivity contribution in [2.45, 2.75) is 19.1 Å². The van der Waals surface area contributed by atoms with Crippen LogP contribution in [0.2, 0.25) is 0 Å². The lowest BCUT2D eigenvalue weighted by atomic mass is 10.0. The SMILES string of the molecule is COc1cccc([C@H]2OC(=O)N[C@H]2C)c1. The van der Waals surface area contributed by atoms with Gasteiger partial charge in [0.2, 0.25) is 0 Å². The summed E-state index contributed by atoms with van der Waals surface area (Å²) in [4.78, 5) is 11.0. The zero-order valence-electron chi connectivity index (χ0n) is 8.69. The van der Waals surface area contributed by atoms with Gasteiger partial charge in [0, 0.05) is 0 Å². The minimum atomic E-state index is -0.365. The third-order valence-electron chi connectivity index (χ3n) is 2.46. The molecule has 1 aliphatic heterocycles. The number of benzene rings is 1. The topological polar surface area (TPSA) is 47.6 Å². The Morgan fingerprint density at radius 1 is 1.47 bits per heavy atom. The second kappa shape index (κ2) is 3.81. The van der Waals surface area contributed by atoms with Crippen LogP contribution in [-0.4, -0.2) is 19.2 Å². The predicted octanol–water partition coefficient (Wildman–Crippen LogP) is 1.86. The van der Waals surface area contributed by atoms with E-state index in [9.17, 15) is 4.79 Å². The van der Waals surface area contributed by atoms with Crippen LogP contribution >= 0.6 is 0 Å². The first-order chi connectivity index (χ1) is 7.20. The number of rotatable bonds is 2. The Bertz CT molecular complexity index is 378. The van der Waals surface area contributed by atoms with E-state index in [0.29, 0.717) is 0 Å². The number of hydrogen-bond acceptors (Lipinski definition) is 3. The number of amides is 1. The summed E-state index contributed by atoms with van der Waals surface area (Å²) in [5.74, 6) is 0.766. The summed E-state index contributed by atoms with van der Waals surface area (Å²) in [6.45, 7) is 1.91. The maximum atomic E-state index is 11.0. The molecule has 0 bridgehead atoms. The second-order valence-electron chi connectivity index (χ2n) is 3.54. The maximum Gasteiger partial charge on any atom is 0.408 e. The summed E-state index contributed by atoms with van der Waals surface area (Å²) in [6.07, 6.45) is -0.595. The van der Waals surface area contributed by atoms with Gasteiger partial charge in [-0.2, -0.15) is 0 Å². The summed E-state index contributed by atoms with van der Waals surface area (Å²) in [6, 6.07) is 7.53. The van der Waals surface area contributed by atoms with Crippen molar-refractivity contribution in [1.29, 1.82) is 0 Å². The molecule has 1 aromatic carbocycles. The molecular weight excluding hydrogens is 194 g/mol. The summed E-state index contributed by atoms with van der Waals surface area (Å²) in [7, 11) is 1.61. The highest BCUT2D eigenvalue weighted by Gasteiger charge is 2.31. The van der Waals surface area contributed by atoms with Crippen LogP contribution in [0, 0.1) is 0 Å². The molecule has 0 spiro atoms. The van der Waals surface area contributed by atoms with Crippen LogP contribution in [0.1, 0.15) is 18.6 Å². The second-order valence-corrected chi connectivity index (χ2v) is 3.54. The van der Waals surface area contributed by atoms with E-state index in [1.54, 1.807) is 7.11 Å². The molecule has 1 fully saturated rings. The van der Waals surface area contributed by atoms with Crippen LogP contribution in [0.25, 0.3) is 0 Å². The lowest BCUT2D eigenvalue weighted by Gasteiger charge is -2.13. The number of nitrogens with one attached hydrogen (secondary N) is 1. The van der Waals surface area contributed by atoms with Crippen molar-refractivity contribution in [3.63, 3.8) is 0 Å². The van der Waals surface area contributed by atoms with Gasteiger partial charge in [-0.3, -0.25) is 0 Å². The Labute approximate surface area is 88.2 Å². The minimum Gasteiger partial charge on any atom is -0.497 e. The van der Waals surface area contributed by atoms with Gasteiger partial charge < -0.3 is 14.8 Å². The first-order valence-corrected chi connectivity index (χ1v) is 4.82. The standard InChI is InChI=1S/C11H13NO3/c1-7-10(15-11(13)12-7)8-4-3-5-9(6-8)14-2/h3-7,10H,1-2H3,(H,12,13)/t7-,10-/m0/s1. The number of hydrogen-bond donors (Lipinski definition) is 1. The molecule has 0 aliphatic carbocycles. The number of ether oxygens (including phenoxy) is 2. The van der Waals surface area contributed by atoms with Crippen LogP contribution in [0.5, 0.6) is 5.75 Å². The lowest BCUT2D eigenvalue weighted by molar-refractivity contribution is 0.133. The van der Waals surface area contributed by atoms with Gasteiger partial charge in [-0.05, 0) is 24.6 Å². The molecule has 15 heavy (non-hydrogen) atoms. The van der Waals surface area contributed by atoms with Gasteiger partial charge in [0.15, 0.2) is 0 Å². The van der Waals surface area contributed by atoms with Gasteiger partial charge in [-0.15, -0.1) is 0 Å². The highest BCUT2D eigenvalue weighted by Crippen LogP contribution is 2.28. The van der Waals surface area contributed by atoms with E-state index in [1.807, 2.05) is 31.2 Å². The van der Waals surface area contributed by atoms with Gasteiger partial charge in [-0.25, -0.2) is 4.79 Å². The van der Waals surface area contributed by atoms with E-state index in [0.717, 1.165) is 11.3 Å². The van der Waals surface area contributed by atoms with Crippen molar-refractivity contribution in [2.24, 2.45) is 0 Å². The Kier molecular flexibility index (Phi) is 2.49. The zero-order valence-corrected chi connectivity index (χ0v) is 8.69. The van der Waals surface area contributed by atoms with Crippen LogP contribution in [0.3, 0.4) is 0 Å². The largest absolute Gasteiger partial charge is 0.497 e. The monoisotopic (exact) mass is 207 g/mol. The smallest absolute Gasteiger partial charge is 0.408 e. The molecule has 80 valence electrons. The molecule has 1 heterocycles. The number of carbonyl (C=O) groups excluding carboxylic acids is 1. The molecule has 1 amide bonds. The molecule has 1 saturated heterocycles. The molecule has 1 N–H and O–H groups in total. The average molecular weight is 207 g/mol. The molecule has 0 radical (unpaired) electrons. The van der Waals surface area contributed by atoms with E-state index >= 15 is 0 Å². The highest BCUT2D eigenvalue weighted by molar-refractivity contribution is 5.70. The summed E-state index contributed by atoms with van der Waals surface area (Å²) in [5.41, 5.74) is 0.945. The first-order valence-electron chi connectivity index (χ1n) is 4.82. The first kappa shape index (κ1) is 9.83. The van der Waals surface area contributed by atoms with Crippen LogP contribution < -0.4 is 10.1 Å². The summed E-state index contributed by atoms with van der Waals surface area (Å²) < 4.78 is 10.3. The normalized spacial score (nSPS) is 24.5. The number of methoxy groups -OCH3 is 1. The van der Waals surface area contributed by atoms with Gasteiger partial charge in [0.05, 0.1) is 13.2 Å². The Hall–Kier alpha value is -1.71. The maximum absolute atomic E-state index is 11.0. The van der Waals surface area contributed by atoms with E-state index < -0.39 is 0 Å². The highest BCUT2D eigenvalue weighted by atomic mass is 16.6. The van der Waals surface area contributed by atoms with Crippen molar-refractivity contribution in [1.82, 2.24) is 5.32 Å². The fourth-order valence-corrected chi connectivity index (χ4v) is 1.69. The van der Waals surface area contributed by atoms with Crippen molar-refractivity contribution in [3.05, 3.63) is 29.8 Å². The average Bonchev–Trinajstić information content (AvgIpc) is 2.58. The number of cyclic esters (lactones) is 1. The number of carbonyl (C=O) groups is 1. The fourth-order valence-electron chi connectivity index (χ4n) is 1.69. The van der Waals surface area contributed by atoms with E-state index in [4.69, 9.17) is 9.47 Å². The van der Waals surface area contributed by atoms with Crippen LogP contribution in [0.4, 0.5) is 4.79 Å². The molecule has 2 atom stereocenters. The Morgan fingerprint density at radius 3 is 2.87 bits per heavy atom. The zero-order chi connectivity index (χ0) is 10.8. The predicted molar refractivity (Wildman–Crippen MR) is 54.8 cm³/mol. The van der Waals surface area contributed by atoms with Gasteiger partial charge in [0.1, 0.15) is 11.9 Å². The van der Waals surface area contributed by atoms with Crippen molar-refractivity contribution in [2.75, 3.05) is 7.11 Å². The van der Waals surface area contributed by atoms with Crippen molar-refractivity contribution < 1.29 is 14.3 Å². The molecule has 0 saturated carbocycles. The van der Waals surface area contributed by atoms with E-state index in [2.05, 4.69) is 5.32 Å². The summed E-state index contributed by atoms with van der Waals surface area (Å²) in [5, 5.41) is 2.70. The molecule has 1 aromatic rings. The fraction of sp³-hybridized carbons (Fsp3) is 0.364. The molecule has 0 unspecified atom stereocenters. The van der Waals surface area contributed by atoms with E-state index in [1.165, 1.54) is 0 Å². The van der Waals surface area contributed by atoms with Crippen LogP contribution in [0.15, 0.2) is 24.3 Å². The molecular formula is C11H13NO3.